The van der Waals surface area contributed by atoms with E-state index in [2.05, 4.69) is 20.4 Å². The number of aromatic nitrogens is 4. The molecule has 1 aliphatic heterocycles. The Balaban J connectivity index is 1.43. The maximum Gasteiger partial charge on any atom is 0.249 e. The van der Waals surface area contributed by atoms with Crippen LogP contribution in [0, 0.1) is 5.82 Å². The van der Waals surface area contributed by atoms with Crippen LogP contribution in [0.25, 0.3) is 0 Å². The van der Waals surface area contributed by atoms with Crippen molar-refractivity contribution in [2.24, 2.45) is 0 Å². The fourth-order valence-corrected chi connectivity index (χ4v) is 3.24. The van der Waals surface area contributed by atoms with Gasteiger partial charge in [0.1, 0.15) is 17.5 Å². The monoisotopic (exact) mass is 395 g/mol. The number of amides is 1. The van der Waals surface area contributed by atoms with Crippen molar-refractivity contribution in [2.75, 3.05) is 29.2 Å². The summed E-state index contributed by atoms with van der Waals surface area (Å²) in [7, 11) is 3.58. The van der Waals surface area contributed by atoms with Crippen LogP contribution >= 0.6 is 0 Å². The van der Waals surface area contributed by atoms with E-state index in [1.165, 1.54) is 12.1 Å². The van der Waals surface area contributed by atoms with Crippen molar-refractivity contribution in [3.63, 3.8) is 0 Å². The molecule has 1 aromatic carbocycles. The Hall–Kier alpha value is -3.49. The van der Waals surface area contributed by atoms with Crippen LogP contribution in [0.15, 0.2) is 42.9 Å². The van der Waals surface area contributed by atoms with Gasteiger partial charge < -0.3 is 15.1 Å². The summed E-state index contributed by atoms with van der Waals surface area (Å²) in [5, 5.41) is 7.55. The third-order valence-corrected chi connectivity index (χ3v) is 5.11. The summed E-state index contributed by atoms with van der Waals surface area (Å²) >= 11 is 0. The molecule has 0 bridgehead atoms. The van der Waals surface area contributed by atoms with E-state index in [4.69, 9.17) is 0 Å². The van der Waals surface area contributed by atoms with Gasteiger partial charge in [-0.25, -0.2) is 9.37 Å². The fraction of sp³-hybridized carbons (Fsp3) is 0.300. The first-order valence-electron chi connectivity index (χ1n) is 9.29. The Morgan fingerprint density at radius 3 is 2.66 bits per heavy atom. The van der Waals surface area contributed by atoms with E-state index in [9.17, 15) is 9.18 Å². The molecule has 0 fully saturated rings. The Bertz CT molecular complexity index is 1030. The number of hydrogen-bond donors (Lipinski definition) is 1. The second kappa shape index (κ2) is 7.50. The van der Waals surface area contributed by atoms with E-state index in [0.29, 0.717) is 30.5 Å². The minimum Gasteiger partial charge on any atom is -0.350 e. The Kier molecular flexibility index (Phi) is 4.87. The van der Waals surface area contributed by atoms with Crippen LogP contribution in [-0.4, -0.2) is 45.8 Å². The van der Waals surface area contributed by atoms with Crippen LogP contribution in [0.4, 0.5) is 21.8 Å². The molecule has 1 atom stereocenters. The van der Waals surface area contributed by atoms with Gasteiger partial charge >= 0.3 is 0 Å². The molecule has 0 saturated heterocycles. The van der Waals surface area contributed by atoms with Gasteiger partial charge in [-0.3, -0.25) is 9.48 Å². The number of likely N-dealkylation sites (N-methyl/N-ethyl adjacent to an activating group) is 2. The normalized spacial score (nSPS) is 16.1. The lowest BCUT2D eigenvalue weighted by atomic mass is 10.2. The maximum absolute atomic E-state index is 13.0. The highest BCUT2D eigenvalue weighted by Crippen LogP contribution is 2.32. The van der Waals surface area contributed by atoms with E-state index in [0.717, 1.165) is 11.1 Å². The van der Waals surface area contributed by atoms with Gasteiger partial charge in [0.15, 0.2) is 5.82 Å². The number of halogens is 1. The van der Waals surface area contributed by atoms with Crippen LogP contribution in [-0.2, 0) is 17.9 Å². The van der Waals surface area contributed by atoms with Gasteiger partial charge in [0, 0.05) is 32.4 Å². The van der Waals surface area contributed by atoms with Crippen molar-refractivity contribution in [1.29, 1.82) is 0 Å². The number of nitrogens with one attached hydrogen (secondary N) is 1. The lowest BCUT2D eigenvalue weighted by Gasteiger charge is -2.36. The summed E-state index contributed by atoms with van der Waals surface area (Å²) in [4.78, 5) is 24.6. The molecule has 2 aromatic heterocycles. The van der Waals surface area contributed by atoms with Gasteiger partial charge in [0.05, 0.1) is 18.9 Å². The van der Waals surface area contributed by atoms with Crippen LogP contribution in [0.3, 0.4) is 0 Å². The summed E-state index contributed by atoms with van der Waals surface area (Å²) in [6, 6.07) is 6.10. The van der Waals surface area contributed by atoms with Crippen molar-refractivity contribution < 1.29 is 9.18 Å². The van der Waals surface area contributed by atoms with Gasteiger partial charge in [-0.2, -0.15) is 10.1 Å². The molecule has 0 saturated carbocycles. The standard InChI is InChI=1S/C20H22FN7O/c1-13-19(29)27(3)17-10-23-20(25-18(17)26(13)2)22-8-15-9-24-28(12-15)11-14-4-6-16(21)7-5-14/h4-7,9-10,12-13H,8,11H2,1-3H3,(H,22,23,25)/t13-/m1/s1. The minimum atomic E-state index is -0.278. The largest absolute Gasteiger partial charge is 0.350 e. The molecule has 0 aliphatic carbocycles. The Morgan fingerprint density at radius 1 is 1.14 bits per heavy atom. The number of nitrogens with zero attached hydrogens (tertiary/aromatic N) is 6. The van der Waals surface area contributed by atoms with Gasteiger partial charge in [0.2, 0.25) is 11.9 Å². The third-order valence-electron chi connectivity index (χ3n) is 5.11. The molecular weight excluding hydrogens is 373 g/mol. The quantitative estimate of drug-likeness (QED) is 0.714. The number of anilines is 3. The van der Waals surface area contributed by atoms with Crippen molar-refractivity contribution in [2.45, 2.75) is 26.1 Å². The van der Waals surface area contributed by atoms with Gasteiger partial charge in [-0.05, 0) is 24.6 Å². The Morgan fingerprint density at radius 2 is 1.90 bits per heavy atom. The number of carbonyl (C=O) groups excluding carboxylic acids is 1. The van der Waals surface area contributed by atoms with E-state index < -0.39 is 0 Å². The Labute approximate surface area is 168 Å². The molecule has 1 N–H and O–H groups in total. The molecule has 29 heavy (non-hydrogen) atoms. The average Bonchev–Trinajstić information content (AvgIpc) is 3.18. The summed E-state index contributed by atoms with van der Waals surface area (Å²) < 4.78 is 14.8. The highest BCUT2D eigenvalue weighted by molar-refractivity contribution is 6.03. The molecule has 0 unspecified atom stereocenters. The van der Waals surface area contributed by atoms with Crippen LogP contribution < -0.4 is 15.1 Å². The number of carbonyl (C=O) groups is 1. The zero-order valence-corrected chi connectivity index (χ0v) is 16.5. The van der Waals surface area contributed by atoms with E-state index in [-0.39, 0.29) is 17.8 Å². The molecule has 3 aromatic rings. The molecule has 9 heteroatoms. The number of hydrogen-bond acceptors (Lipinski definition) is 6. The predicted molar refractivity (Wildman–Crippen MR) is 108 cm³/mol. The highest BCUT2D eigenvalue weighted by Gasteiger charge is 2.32. The summed E-state index contributed by atoms with van der Waals surface area (Å²) in [5.41, 5.74) is 2.64. The second-order valence-corrected chi connectivity index (χ2v) is 7.11. The average molecular weight is 395 g/mol. The molecular formula is C20H22FN7O. The fourth-order valence-electron chi connectivity index (χ4n) is 3.24. The molecule has 3 heterocycles. The topological polar surface area (TPSA) is 79.2 Å². The zero-order valence-electron chi connectivity index (χ0n) is 16.5. The van der Waals surface area contributed by atoms with Crippen molar-refractivity contribution >= 4 is 23.4 Å². The third kappa shape index (κ3) is 3.75. The second-order valence-electron chi connectivity index (χ2n) is 7.11. The smallest absolute Gasteiger partial charge is 0.249 e. The first-order valence-corrected chi connectivity index (χ1v) is 9.29. The maximum atomic E-state index is 13.0. The molecule has 4 rings (SSSR count). The van der Waals surface area contributed by atoms with Gasteiger partial charge in [-0.15, -0.1) is 0 Å². The van der Waals surface area contributed by atoms with Gasteiger partial charge in [-0.1, -0.05) is 12.1 Å². The SMILES string of the molecule is C[C@@H]1C(=O)N(C)c2cnc(NCc3cnn(Cc4ccc(F)cc4)c3)nc2N1C. The summed E-state index contributed by atoms with van der Waals surface area (Å²) in [6.07, 6.45) is 5.36. The lowest BCUT2D eigenvalue weighted by molar-refractivity contribution is -0.119. The van der Waals surface area contributed by atoms with Crippen molar-refractivity contribution in [1.82, 2.24) is 19.7 Å². The molecule has 0 radical (unpaired) electrons. The number of rotatable bonds is 5. The molecule has 150 valence electrons. The molecule has 1 aliphatic rings. The first kappa shape index (κ1) is 18.9. The van der Waals surface area contributed by atoms with Gasteiger partial charge in [0.25, 0.3) is 0 Å². The number of fused-ring (bicyclic) bond motifs is 1. The molecule has 1 amide bonds. The van der Waals surface area contributed by atoms with Crippen LogP contribution in [0.1, 0.15) is 18.1 Å². The van der Waals surface area contributed by atoms with E-state index >= 15 is 0 Å². The number of benzene rings is 1. The molecule has 8 nitrogen and oxygen atoms in total. The van der Waals surface area contributed by atoms with Crippen molar-refractivity contribution in [3.8, 4) is 0 Å². The molecule has 0 spiro atoms. The van der Waals surface area contributed by atoms with E-state index in [1.54, 1.807) is 41.2 Å². The van der Waals surface area contributed by atoms with Crippen LogP contribution in [0.5, 0.6) is 0 Å². The van der Waals surface area contributed by atoms with Crippen molar-refractivity contribution in [3.05, 3.63) is 59.8 Å². The highest BCUT2D eigenvalue weighted by atomic mass is 19.1. The lowest BCUT2D eigenvalue weighted by Crippen LogP contribution is -2.49. The minimum absolute atomic E-state index is 0.0119. The van der Waals surface area contributed by atoms with Crippen LogP contribution in [0.2, 0.25) is 0 Å². The predicted octanol–water partition coefficient (Wildman–Crippen LogP) is 2.27. The zero-order chi connectivity index (χ0) is 20.5. The first-order chi connectivity index (χ1) is 13.9. The van der Waals surface area contributed by atoms with E-state index in [1.807, 2.05) is 25.1 Å². The summed E-state index contributed by atoms with van der Waals surface area (Å²) in [6.45, 7) is 2.93. The summed E-state index contributed by atoms with van der Waals surface area (Å²) in [5.74, 6) is 0.957.